The maximum absolute atomic E-state index is 11.7. The molecule has 0 unspecified atom stereocenters. The van der Waals surface area contributed by atoms with Crippen molar-refractivity contribution in [2.75, 3.05) is 6.54 Å². The van der Waals surface area contributed by atoms with Crippen LogP contribution in [0.4, 0.5) is 0 Å². The number of nitrogens with one attached hydrogen (secondary N) is 2. The van der Waals surface area contributed by atoms with Crippen molar-refractivity contribution in [1.82, 2.24) is 15.3 Å². The number of benzene rings is 1. The second-order valence-electron chi connectivity index (χ2n) is 5.88. The predicted octanol–water partition coefficient (Wildman–Crippen LogP) is 2.78. The number of carbonyl (C=O) groups is 1. The van der Waals surface area contributed by atoms with Gasteiger partial charge in [-0.1, -0.05) is 51.1 Å². The van der Waals surface area contributed by atoms with E-state index in [1.165, 1.54) is 0 Å². The number of amides is 1. The van der Waals surface area contributed by atoms with Crippen molar-refractivity contribution in [3.05, 3.63) is 42.2 Å². The summed E-state index contributed by atoms with van der Waals surface area (Å²) < 4.78 is 0. The highest BCUT2D eigenvalue weighted by Gasteiger charge is 2.20. The molecule has 106 valence electrons. The maximum Gasteiger partial charge on any atom is 0.225 e. The van der Waals surface area contributed by atoms with Crippen molar-refractivity contribution < 1.29 is 4.79 Å². The highest BCUT2D eigenvalue weighted by Crippen LogP contribution is 2.15. The highest BCUT2D eigenvalue weighted by atomic mass is 16.2. The van der Waals surface area contributed by atoms with Gasteiger partial charge in [-0.15, -0.1) is 0 Å². The summed E-state index contributed by atoms with van der Waals surface area (Å²) in [6, 6.07) is 9.99. The van der Waals surface area contributed by atoms with Crippen LogP contribution in [0.2, 0.25) is 0 Å². The molecule has 0 spiro atoms. The summed E-state index contributed by atoms with van der Waals surface area (Å²) in [6.07, 6.45) is 2.58. The molecule has 0 saturated heterocycles. The van der Waals surface area contributed by atoms with Gasteiger partial charge in [0.15, 0.2) is 0 Å². The maximum atomic E-state index is 11.7. The number of aromatic nitrogens is 2. The van der Waals surface area contributed by atoms with Gasteiger partial charge in [0.05, 0.1) is 0 Å². The van der Waals surface area contributed by atoms with Crippen LogP contribution in [-0.2, 0) is 11.2 Å². The summed E-state index contributed by atoms with van der Waals surface area (Å²) in [7, 11) is 0. The van der Waals surface area contributed by atoms with E-state index >= 15 is 0 Å². The van der Waals surface area contributed by atoms with Crippen LogP contribution in [-0.4, -0.2) is 22.4 Å². The van der Waals surface area contributed by atoms with E-state index in [9.17, 15) is 4.79 Å². The molecule has 1 amide bonds. The fourth-order valence-electron chi connectivity index (χ4n) is 1.80. The molecule has 0 atom stereocenters. The Hall–Kier alpha value is -2.10. The minimum Gasteiger partial charge on any atom is -0.355 e. The van der Waals surface area contributed by atoms with Crippen molar-refractivity contribution in [1.29, 1.82) is 0 Å². The third kappa shape index (κ3) is 3.70. The lowest BCUT2D eigenvalue weighted by molar-refractivity contribution is -0.128. The molecule has 0 saturated carbocycles. The molecule has 0 fully saturated rings. The third-order valence-electron chi connectivity index (χ3n) is 3.04. The van der Waals surface area contributed by atoms with Gasteiger partial charge in [-0.25, -0.2) is 4.98 Å². The zero-order valence-electron chi connectivity index (χ0n) is 12.2. The normalized spacial score (nSPS) is 11.3. The Bertz CT molecular complexity index is 567. The molecule has 20 heavy (non-hydrogen) atoms. The van der Waals surface area contributed by atoms with Crippen molar-refractivity contribution in [2.24, 2.45) is 5.41 Å². The van der Waals surface area contributed by atoms with Gasteiger partial charge >= 0.3 is 0 Å². The minimum atomic E-state index is -0.344. The van der Waals surface area contributed by atoms with Gasteiger partial charge in [0.25, 0.3) is 0 Å². The van der Waals surface area contributed by atoms with Gasteiger partial charge in [-0.05, 0) is 0 Å². The number of H-pyrrole nitrogens is 1. The summed E-state index contributed by atoms with van der Waals surface area (Å²) >= 11 is 0. The molecule has 1 heterocycles. The first-order chi connectivity index (χ1) is 9.47. The Balaban J connectivity index is 1.90. The molecule has 1 aromatic carbocycles. The monoisotopic (exact) mass is 271 g/mol. The van der Waals surface area contributed by atoms with E-state index in [0.29, 0.717) is 6.54 Å². The lowest BCUT2D eigenvalue weighted by Gasteiger charge is -2.17. The van der Waals surface area contributed by atoms with Crippen LogP contribution in [0.3, 0.4) is 0 Å². The number of hydrogen-bond donors (Lipinski definition) is 2. The quantitative estimate of drug-likeness (QED) is 0.898. The lowest BCUT2D eigenvalue weighted by Crippen LogP contribution is -2.35. The second-order valence-corrected chi connectivity index (χ2v) is 5.88. The van der Waals surface area contributed by atoms with E-state index in [0.717, 1.165) is 23.5 Å². The molecule has 1 aromatic heterocycles. The third-order valence-corrected chi connectivity index (χ3v) is 3.04. The van der Waals surface area contributed by atoms with Crippen LogP contribution in [0, 0.1) is 5.41 Å². The Morgan fingerprint density at radius 3 is 2.60 bits per heavy atom. The molecule has 0 aliphatic carbocycles. The first kappa shape index (κ1) is 14.3. The summed E-state index contributed by atoms with van der Waals surface area (Å²) in [6.45, 7) is 6.34. The van der Waals surface area contributed by atoms with E-state index < -0.39 is 0 Å². The van der Waals surface area contributed by atoms with Crippen molar-refractivity contribution in [3.63, 3.8) is 0 Å². The van der Waals surface area contributed by atoms with Gasteiger partial charge in [0.2, 0.25) is 5.91 Å². The Labute approximate surface area is 119 Å². The number of imidazole rings is 1. The number of carbonyl (C=O) groups excluding carboxylic acids is 1. The molecule has 0 bridgehead atoms. The molecule has 2 N–H and O–H groups in total. The first-order valence-corrected chi connectivity index (χ1v) is 6.84. The summed E-state index contributed by atoms with van der Waals surface area (Å²) in [5, 5.41) is 2.93. The molecule has 0 aliphatic heterocycles. The Kier molecular flexibility index (Phi) is 4.23. The first-order valence-electron chi connectivity index (χ1n) is 6.84. The van der Waals surface area contributed by atoms with Crippen LogP contribution in [0.25, 0.3) is 11.4 Å². The van der Waals surface area contributed by atoms with Gasteiger partial charge in [-0.2, -0.15) is 0 Å². The standard InChI is InChI=1S/C16H21N3O/c1-16(2,3)15(20)17-10-9-13-11-18-14(19-13)12-7-5-4-6-8-12/h4-8,11H,9-10H2,1-3H3,(H,17,20)(H,18,19). The van der Waals surface area contributed by atoms with Crippen LogP contribution in [0.5, 0.6) is 0 Å². The second kappa shape index (κ2) is 5.90. The van der Waals surface area contributed by atoms with Gasteiger partial charge < -0.3 is 10.3 Å². The van der Waals surface area contributed by atoms with E-state index in [1.807, 2.05) is 57.3 Å². The van der Waals surface area contributed by atoms with Crippen molar-refractivity contribution in [3.8, 4) is 11.4 Å². The molecule has 4 nitrogen and oxygen atoms in total. The fraction of sp³-hybridized carbons (Fsp3) is 0.375. The highest BCUT2D eigenvalue weighted by molar-refractivity contribution is 5.81. The van der Waals surface area contributed by atoms with Crippen molar-refractivity contribution in [2.45, 2.75) is 27.2 Å². The topological polar surface area (TPSA) is 57.8 Å². The van der Waals surface area contributed by atoms with E-state index in [-0.39, 0.29) is 11.3 Å². The number of rotatable bonds is 4. The SMILES string of the molecule is CC(C)(C)C(=O)NCCc1cnc(-c2ccccc2)[nH]1. The van der Waals surface area contributed by atoms with E-state index in [1.54, 1.807) is 0 Å². The molecular formula is C16H21N3O. The van der Waals surface area contributed by atoms with Crippen LogP contribution < -0.4 is 5.32 Å². The molecular weight excluding hydrogens is 250 g/mol. The average molecular weight is 271 g/mol. The number of nitrogens with zero attached hydrogens (tertiary/aromatic N) is 1. The summed E-state index contributed by atoms with van der Waals surface area (Å²) in [4.78, 5) is 19.4. The predicted molar refractivity (Wildman–Crippen MR) is 80.2 cm³/mol. The van der Waals surface area contributed by atoms with E-state index in [2.05, 4.69) is 15.3 Å². The number of hydrogen-bond acceptors (Lipinski definition) is 2. The van der Waals surface area contributed by atoms with Gasteiger partial charge in [0.1, 0.15) is 5.82 Å². The van der Waals surface area contributed by atoms with E-state index in [4.69, 9.17) is 0 Å². The molecule has 0 aliphatic rings. The Morgan fingerprint density at radius 1 is 1.25 bits per heavy atom. The largest absolute Gasteiger partial charge is 0.355 e. The zero-order valence-corrected chi connectivity index (χ0v) is 12.2. The molecule has 0 radical (unpaired) electrons. The smallest absolute Gasteiger partial charge is 0.225 e. The average Bonchev–Trinajstić information content (AvgIpc) is 2.87. The molecule has 2 aromatic rings. The zero-order chi connectivity index (χ0) is 14.6. The lowest BCUT2D eigenvalue weighted by atomic mass is 9.96. The summed E-state index contributed by atoms with van der Waals surface area (Å²) in [5.74, 6) is 0.933. The molecule has 4 heteroatoms. The minimum absolute atomic E-state index is 0.0697. The van der Waals surface area contributed by atoms with Crippen LogP contribution in [0.1, 0.15) is 26.5 Å². The summed E-state index contributed by atoms with van der Waals surface area (Å²) in [5.41, 5.74) is 1.75. The number of aromatic amines is 1. The molecule has 2 rings (SSSR count). The van der Waals surface area contributed by atoms with Crippen LogP contribution in [0.15, 0.2) is 36.5 Å². The Morgan fingerprint density at radius 2 is 1.95 bits per heavy atom. The van der Waals surface area contributed by atoms with Crippen molar-refractivity contribution >= 4 is 5.91 Å². The van der Waals surface area contributed by atoms with Gasteiger partial charge in [-0.3, -0.25) is 4.79 Å². The van der Waals surface area contributed by atoms with Crippen LogP contribution >= 0.6 is 0 Å². The fourth-order valence-corrected chi connectivity index (χ4v) is 1.80. The van der Waals surface area contributed by atoms with Gasteiger partial charge in [0, 0.05) is 35.8 Å².